The summed E-state index contributed by atoms with van der Waals surface area (Å²) < 4.78 is 0. The van der Waals surface area contributed by atoms with Crippen molar-refractivity contribution in [2.45, 2.75) is 25.9 Å². The van der Waals surface area contributed by atoms with Gasteiger partial charge in [-0.2, -0.15) is 0 Å². The summed E-state index contributed by atoms with van der Waals surface area (Å²) in [6.07, 6.45) is 1.39. The molecule has 0 radical (unpaired) electrons. The average Bonchev–Trinajstić information content (AvgIpc) is 3.44. The first-order valence-electron chi connectivity index (χ1n) is 10.3. The third-order valence-electron chi connectivity index (χ3n) is 5.65. The van der Waals surface area contributed by atoms with Gasteiger partial charge in [0, 0.05) is 59.3 Å². The van der Waals surface area contributed by atoms with E-state index in [9.17, 15) is 4.79 Å². The predicted octanol–water partition coefficient (Wildman–Crippen LogP) is 2.77. The standard InChI is InChI=1S/C22H29N5OS/c1-23-22(26-13-11-25(12-14-26)21-9-5-15-29-21)24-10-4-8-20(28)27-16-18-6-2-3-7-19(18)17-27/h2-3,5-7,9,15H,4,8,10-14,16-17H2,1H3,(H,23,24). The number of nitrogens with one attached hydrogen (secondary N) is 1. The van der Waals surface area contributed by atoms with E-state index in [0.717, 1.165) is 58.2 Å². The lowest BCUT2D eigenvalue weighted by molar-refractivity contribution is -0.131. The number of fused-ring (bicyclic) bond motifs is 1. The zero-order valence-electron chi connectivity index (χ0n) is 17.0. The Kier molecular flexibility index (Phi) is 6.34. The van der Waals surface area contributed by atoms with Gasteiger partial charge in [0.25, 0.3) is 0 Å². The minimum absolute atomic E-state index is 0.238. The van der Waals surface area contributed by atoms with Gasteiger partial charge in [-0.15, -0.1) is 11.3 Å². The molecular formula is C22H29N5OS. The van der Waals surface area contributed by atoms with Crippen LogP contribution in [0.3, 0.4) is 0 Å². The first-order chi connectivity index (χ1) is 14.2. The molecule has 1 N–H and O–H groups in total. The van der Waals surface area contributed by atoms with Crippen LogP contribution in [0.5, 0.6) is 0 Å². The van der Waals surface area contributed by atoms with E-state index in [1.54, 1.807) is 11.3 Å². The van der Waals surface area contributed by atoms with Crippen LogP contribution in [-0.4, -0.2) is 61.4 Å². The molecule has 2 aliphatic heterocycles. The summed E-state index contributed by atoms with van der Waals surface area (Å²) in [5.41, 5.74) is 2.56. The van der Waals surface area contributed by atoms with Crippen LogP contribution in [0.4, 0.5) is 5.00 Å². The van der Waals surface area contributed by atoms with Crippen molar-refractivity contribution in [2.75, 3.05) is 44.7 Å². The van der Waals surface area contributed by atoms with Crippen molar-refractivity contribution in [3.8, 4) is 0 Å². The number of carbonyl (C=O) groups excluding carboxylic acids is 1. The van der Waals surface area contributed by atoms with E-state index in [-0.39, 0.29) is 5.91 Å². The molecule has 0 bridgehead atoms. The maximum Gasteiger partial charge on any atom is 0.223 e. The molecule has 1 fully saturated rings. The highest BCUT2D eigenvalue weighted by Crippen LogP contribution is 2.23. The van der Waals surface area contributed by atoms with Gasteiger partial charge < -0.3 is 20.0 Å². The molecule has 1 saturated heterocycles. The fraction of sp³-hybridized carbons (Fsp3) is 0.455. The Morgan fingerprint density at radius 2 is 1.76 bits per heavy atom. The van der Waals surface area contributed by atoms with Crippen molar-refractivity contribution >= 4 is 28.2 Å². The van der Waals surface area contributed by atoms with Crippen LogP contribution in [0.2, 0.25) is 0 Å². The van der Waals surface area contributed by atoms with Crippen LogP contribution in [0, 0.1) is 0 Å². The summed E-state index contributed by atoms with van der Waals surface area (Å²) in [5, 5.41) is 6.91. The number of nitrogens with zero attached hydrogens (tertiary/aromatic N) is 4. The molecular weight excluding hydrogens is 382 g/mol. The maximum atomic E-state index is 12.5. The molecule has 1 amide bonds. The van der Waals surface area contributed by atoms with Crippen molar-refractivity contribution in [2.24, 2.45) is 4.99 Å². The van der Waals surface area contributed by atoms with E-state index in [0.29, 0.717) is 6.42 Å². The highest BCUT2D eigenvalue weighted by molar-refractivity contribution is 7.14. The monoisotopic (exact) mass is 411 g/mol. The van der Waals surface area contributed by atoms with Gasteiger partial charge >= 0.3 is 0 Å². The number of benzene rings is 1. The summed E-state index contributed by atoms with van der Waals surface area (Å²) in [7, 11) is 1.83. The molecule has 3 heterocycles. The maximum absolute atomic E-state index is 12.5. The van der Waals surface area contributed by atoms with Gasteiger partial charge in [0.05, 0.1) is 5.00 Å². The lowest BCUT2D eigenvalue weighted by Gasteiger charge is -2.37. The van der Waals surface area contributed by atoms with Crippen LogP contribution < -0.4 is 10.2 Å². The molecule has 2 aromatic rings. The smallest absolute Gasteiger partial charge is 0.223 e. The van der Waals surface area contributed by atoms with Crippen LogP contribution >= 0.6 is 11.3 Å². The number of aliphatic imine (C=N–C) groups is 1. The first kappa shape index (κ1) is 19.8. The van der Waals surface area contributed by atoms with Crippen LogP contribution in [0.25, 0.3) is 0 Å². The van der Waals surface area contributed by atoms with Gasteiger partial charge in [-0.3, -0.25) is 9.79 Å². The van der Waals surface area contributed by atoms with E-state index < -0.39 is 0 Å². The predicted molar refractivity (Wildman–Crippen MR) is 119 cm³/mol. The minimum Gasteiger partial charge on any atom is -0.360 e. The normalized spacial score (nSPS) is 16.9. The van der Waals surface area contributed by atoms with Crippen molar-refractivity contribution in [3.05, 3.63) is 52.9 Å². The largest absolute Gasteiger partial charge is 0.360 e. The molecule has 154 valence electrons. The van der Waals surface area contributed by atoms with E-state index in [2.05, 4.69) is 49.8 Å². The van der Waals surface area contributed by atoms with E-state index in [1.165, 1.54) is 16.1 Å². The zero-order chi connectivity index (χ0) is 20.1. The van der Waals surface area contributed by atoms with Gasteiger partial charge in [-0.1, -0.05) is 24.3 Å². The summed E-state index contributed by atoms with van der Waals surface area (Å²) in [4.78, 5) is 23.7. The van der Waals surface area contributed by atoms with E-state index in [4.69, 9.17) is 0 Å². The van der Waals surface area contributed by atoms with Crippen LogP contribution in [0.15, 0.2) is 46.8 Å². The number of guanidine groups is 1. The molecule has 1 aromatic heterocycles. The Morgan fingerprint density at radius 3 is 2.38 bits per heavy atom. The third-order valence-corrected chi connectivity index (χ3v) is 6.58. The lowest BCUT2D eigenvalue weighted by atomic mass is 10.1. The van der Waals surface area contributed by atoms with Crippen molar-refractivity contribution in [1.82, 2.24) is 15.1 Å². The van der Waals surface area contributed by atoms with Crippen LogP contribution in [-0.2, 0) is 17.9 Å². The molecule has 0 spiro atoms. The molecule has 7 heteroatoms. The van der Waals surface area contributed by atoms with Crippen LogP contribution in [0.1, 0.15) is 24.0 Å². The highest BCUT2D eigenvalue weighted by atomic mass is 32.1. The minimum atomic E-state index is 0.238. The number of thiophene rings is 1. The zero-order valence-corrected chi connectivity index (χ0v) is 17.8. The molecule has 0 unspecified atom stereocenters. The number of hydrogen-bond acceptors (Lipinski definition) is 4. The quantitative estimate of drug-likeness (QED) is 0.467. The second-order valence-electron chi connectivity index (χ2n) is 7.52. The van der Waals surface area contributed by atoms with Crippen molar-refractivity contribution in [1.29, 1.82) is 0 Å². The van der Waals surface area contributed by atoms with Crippen molar-refractivity contribution in [3.63, 3.8) is 0 Å². The topological polar surface area (TPSA) is 51.2 Å². The molecule has 29 heavy (non-hydrogen) atoms. The second kappa shape index (κ2) is 9.31. The summed E-state index contributed by atoms with van der Waals surface area (Å²) in [6, 6.07) is 12.6. The molecule has 0 atom stereocenters. The van der Waals surface area contributed by atoms with Gasteiger partial charge in [0.1, 0.15) is 0 Å². The number of hydrogen-bond donors (Lipinski definition) is 1. The fourth-order valence-electron chi connectivity index (χ4n) is 4.03. The summed E-state index contributed by atoms with van der Waals surface area (Å²) >= 11 is 1.80. The molecule has 4 rings (SSSR count). The Balaban J connectivity index is 1.17. The fourth-order valence-corrected chi connectivity index (χ4v) is 4.81. The lowest BCUT2D eigenvalue weighted by Crippen LogP contribution is -2.52. The van der Waals surface area contributed by atoms with Gasteiger partial charge in [0.15, 0.2) is 5.96 Å². The highest BCUT2D eigenvalue weighted by Gasteiger charge is 2.23. The Bertz CT molecular complexity index is 818. The van der Waals surface area contributed by atoms with Gasteiger partial charge in [0.2, 0.25) is 5.91 Å². The Hall–Kier alpha value is -2.54. The number of carbonyl (C=O) groups is 1. The number of anilines is 1. The molecule has 2 aliphatic rings. The second-order valence-corrected chi connectivity index (χ2v) is 8.45. The molecule has 0 saturated carbocycles. The Labute approximate surface area is 176 Å². The molecule has 6 nitrogen and oxygen atoms in total. The van der Waals surface area contributed by atoms with Crippen molar-refractivity contribution < 1.29 is 4.79 Å². The number of amides is 1. The number of piperazine rings is 1. The molecule has 1 aromatic carbocycles. The average molecular weight is 412 g/mol. The number of rotatable bonds is 5. The summed E-state index contributed by atoms with van der Waals surface area (Å²) in [6.45, 7) is 6.21. The van der Waals surface area contributed by atoms with E-state index >= 15 is 0 Å². The van der Waals surface area contributed by atoms with Gasteiger partial charge in [-0.05, 0) is 35.1 Å². The first-order valence-corrected chi connectivity index (χ1v) is 11.2. The van der Waals surface area contributed by atoms with Gasteiger partial charge in [-0.25, -0.2) is 0 Å². The van der Waals surface area contributed by atoms with E-state index in [1.807, 2.05) is 24.1 Å². The molecule has 0 aliphatic carbocycles. The third kappa shape index (κ3) is 4.72. The Morgan fingerprint density at radius 1 is 1.03 bits per heavy atom. The SMILES string of the molecule is CN=C(NCCCC(=O)N1Cc2ccccc2C1)N1CCN(c2cccs2)CC1. The summed E-state index contributed by atoms with van der Waals surface area (Å²) in [5.74, 6) is 1.18.